The molecule has 0 unspecified atom stereocenters. The minimum Gasteiger partial charge on any atom is -0.461 e. The molecule has 1 fully saturated rings. The Bertz CT molecular complexity index is 503. The van der Waals surface area contributed by atoms with Gasteiger partial charge in [-0.05, 0) is 20.3 Å². The molecule has 8 heteroatoms. The zero-order valence-corrected chi connectivity index (χ0v) is 12.4. The summed E-state index contributed by atoms with van der Waals surface area (Å²) in [5.41, 5.74) is -0.168. The van der Waals surface area contributed by atoms with Crippen LogP contribution in [0.4, 0.5) is 0 Å². The fraction of sp³-hybridized carbons (Fsp3) is 0.500. The number of hydrogen-bond donors (Lipinski definition) is 2. The summed E-state index contributed by atoms with van der Waals surface area (Å²) in [6.07, 6.45) is -0.286. The summed E-state index contributed by atoms with van der Waals surface area (Å²) in [5, 5.41) is 20.1. The van der Waals surface area contributed by atoms with Gasteiger partial charge >= 0.3 is 29.5 Å². The normalized spacial score (nSPS) is 19.4. The Hall–Kier alpha value is -2.19. The molecule has 0 aliphatic carbocycles. The Morgan fingerprint density at radius 2 is 1.59 bits per heavy atom. The molecule has 0 bridgehead atoms. The molecule has 0 spiro atoms. The Morgan fingerprint density at radius 3 is 2.00 bits per heavy atom. The lowest BCUT2D eigenvalue weighted by Crippen LogP contribution is -2.63. The molecule has 0 radical (unpaired) electrons. The van der Waals surface area contributed by atoms with E-state index < -0.39 is 29.5 Å². The molecule has 2 N–H and O–H groups in total. The molecule has 1 aliphatic rings. The second-order valence-corrected chi connectivity index (χ2v) is 5.00. The Balaban J connectivity index is 3.31. The minimum absolute atomic E-state index is 0.0710. The van der Waals surface area contributed by atoms with E-state index in [4.69, 9.17) is 9.47 Å². The SMILES string of the molecule is C=C(C)C(=O)OC1(OC(=O)C(=C)C)CCCOC(=O)C1(O)O. The van der Waals surface area contributed by atoms with Crippen molar-refractivity contribution >= 4 is 17.9 Å². The molecule has 0 aromatic rings. The van der Waals surface area contributed by atoms with E-state index in [1.807, 2.05) is 0 Å². The molecule has 122 valence electrons. The van der Waals surface area contributed by atoms with E-state index in [1.165, 1.54) is 13.8 Å². The van der Waals surface area contributed by atoms with Crippen LogP contribution in [-0.2, 0) is 28.6 Å². The summed E-state index contributed by atoms with van der Waals surface area (Å²) < 4.78 is 14.4. The molecular formula is C14H18O8. The van der Waals surface area contributed by atoms with Gasteiger partial charge in [0.05, 0.1) is 6.61 Å². The Labute approximate surface area is 127 Å². The number of aliphatic hydroxyl groups is 2. The van der Waals surface area contributed by atoms with Gasteiger partial charge in [0, 0.05) is 17.6 Å². The van der Waals surface area contributed by atoms with Crippen LogP contribution < -0.4 is 0 Å². The first kappa shape index (κ1) is 17.9. The maximum atomic E-state index is 11.8. The highest BCUT2D eigenvalue weighted by molar-refractivity contribution is 5.90. The number of carbonyl (C=O) groups is 3. The van der Waals surface area contributed by atoms with Crippen LogP contribution in [-0.4, -0.2) is 46.3 Å². The van der Waals surface area contributed by atoms with Crippen molar-refractivity contribution in [3.8, 4) is 0 Å². The summed E-state index contributed by atoms with van der Waals surface area (Å²) in [6.45, 7) is 9.15. The molecule has 1 saturated heterocycles. The maximum absolute atomic E-state index is 11.8. The monoisotopic (exact) mass is 314 g/mol. The number of cyclic esters (lactones) is 1. The van der Waals surface area contributed by atoms with Crippen LogP contribution in [0, 0.1) is 0 Å². The van der Waals surface area contributed by atoms with Crippen LogP contribution in [0.5, 0.6) is 0 Å². The molecule has 22 heavy (non-hydrogen) atoms. The Morgan fingerprint density at radius 1 is 1.14 bits per heavy atom. The molecule has 1 rings (SSSR count). The predicted molar refractivity (Wildman–Crippen MR) is 71.9 cm³/mol. The van der Waals surface area contributed by atoms with Gasteiger partial charge in [-0.3, -0.25) is 0 Å². The van der Waals surface area contributed by atoms with Gasteiger partial charge in [0.2, 0.25) is 0 Å². The summed E-state index contributed by atoms with van der Waals surface area (Å²) in [4.78, 5) is 35.2. The van der Waals surface area contributed by atoms with E-state index in [0.29, 0.717) is 0 Å². The maximum Gasteiger partial charge on any atom is 0.375 e. The highest BCUT2D eigenvalue weighted by Crippen LogP contribution is 2.36. The van der Waals surface area contributed by atoms with Crippen molar-refractivity contribution in [2.45, 2.75) is 38.3 Å². The summed E-state index contributed by atoms with van der Waals surface area (Å²) in [5.74, 6) is -9.62. The second kappa shape index (κ2) is 6.29. The first-order valence-corrected chi connectivity index (χ1v) is 6.43. The fourth-order valence-corrected chi connectivity index (χ4v) is 1.64. The van der Waals surface area contributed by atoms with Gasteiger partial charge in [-0.15, -0.1) is 0 Å². The largest absolute Gasteiger partial charge is 0.461 e. The van der Waals surface area contributed by atoms with E-state index in [0.717, 1.165) is 0 Å². The lowest BCUT2D eigenvalue weighted by Gasteiger charge is -2.38. The number of hydrogen-bond acceptors (Lipinski definition) is 8. The van der Waals surface area contributed by atoms with E-state index in [-0.39, 0.29) is 30.6 Å². The fourth-order valence-electron chi connectivity index (χ4n) is 1.64. The van der Waals surface area contributed by atoms with Crippen molar-refractivity contribution in [1.29, 1.82) is 0 Å². The molecule has 0 saturated carbocycles. The standard InChI is InChI=1S/C14H18O8/c1-8(2)10(15)21-13(22-11(16)9(3)4)6-5-7-20-12(17)14(13,18)19/h18-19H,1,3,5-7H2,2,4H3. The molecule has 0 aromatic carbocycles. The lowest BCUT2D eigenvalue weighted by molar-refractivity contribution is -0.346. The van der Waals surface area contributed by atoms with Gasteiger partial charge < -0.3 is 24.4 Å². The average molecular weight is 314 g/mol. The molecule has 0 aromatic heterocycles. The quantitative estimate of drug-likeness (QED) is 0.421. The zero-order chi connectivity index (χ0) is 17.1. The van der Waals surface area contributed by atoms with Crippen molar-refractivity contribution in [3.63, 3.8) is 0 Å². The summed E-state index contributed by atoms with van der Waals surface area (Å²) in [6, 6.07) is 0. The van der Waals surface area contributed by atoms with Crippen LogP contribution in [0.3, 0.4) is 0 Å². The van der Waals surface area contributed by atoms with Gasteiger partial charge in [0.25, 0.3) is 0 Å². The zero-order valence-electron chi connectivity index (χ0n) is 12.4. The van der Waals surface area contributed by atoms with Gasteiger partial charge in [0.1, 0.15) is 0 Å². The third-order valence-electron chi connectivity index (χ3n) is 2.91. The van der Waals surface area contributed by atoms with Crippen LogP contribution >= 0.6 is 0 Å². The van der Waals surface area contributed by atoms with Crippen molar-refractivity contribution in [2.24, 2.45) is 0 Å². The second-order valence-electron chi connectivity index (χ2n) is 5.00. The smallest absolute Gasteiger partial charge is 0.375 e. The number of ether oxygens (including phenoxy) is 3. The van der Waals surface area contributed by atoms with E-state index in [2.05, 4.69) is 17.9 Å². The topological polar surface area (TPSA) is 119 Å². The molecular weight excluding hydrogens is 296 g/mol. The van der Waals surface area contributed by atoms with E-state index in [1.54, 1.807) is 0 Å². The van der Waals surface area contributed by atoms with Crippen molar-refractivity contribution in [1.82, 2.24) is 0 Å². The van der Waals surface area contributed by atoms with Gasteiger partial charge in [0.15, 0.2) is 0 Å². The first-order valence-electron chi connectivity index (χ1n) is 6.43. The number of rotatable bonds is 4. The van der Waals surface area contributed by atoms with Crippen LogP contribution in [0.25, 0.3) is 0 Å². The highest BCUT2D eigenvalue weighted by Gasteiger charge is 2.64. The van der Waals surface area contributed by atoms with Gasteiger partial charge in [-0.1, -0.05) is 13.2 Å². The molecule has 8 nitrogen and oxygen atoms in total. The van der Waals surface area contributed by atoms with E-state index >= 15 is 0 Å². The van der Waals surface area contributed by atoms with E-state index in [9.17, 15) is 24.6 Å². The van der Waals surface area contributed by atoms with Crippen molar-refractivity contribution < 1.29 is 38.8 Å². The third kappa shape index (κ3) is 3.34. The molecule has 1 aliphatic heterocycles. The van der Waals surface area contributed by atoms with Crippen molar-refractivity contribution in [3.05, 3.63) is 24.3 Å². The molecule has 0 amide bonds. The predicted octanol–water partition coefficient (Wildman–Crippen LogP) is -0.0608. The van der Waals surface area contributed by atoms with Gasteiger partial charge in [-0.25, -0.2) is 14.4 Å². The van der Waals surface area contributed by atoms with Crippen molar-refractivity contribution in [2.75, 3.05) is 6.61 Å². The lowest BCUT2D eigenvalue weighted by atomic mass is 10.0. The summed E-state index contributed by atoms with van der Waals surface area (Å²) >= 11 is 0. The van der Waals surface area contributed by atoms with Gasteiger partial charge in [-0.2, -0.15) is 0 Å². The number of esters is 3. The van der Waals surface area contributed by atoms with Crippen LogP contribution in [0.1, 0.15) is 26.7 Å². The molecule has 1 heterocycles. The molecule has 0 atom stereocenters. The highest BCUT2D eigenvalue weighted by atomic mass is 16.8. The first-order chi connectivity index (χ1) is 10.0. The minimum atomic E-state index is -3.36. The summed E-state index contributed by atoms with van der Waals surface area (Å²) in [7, 11) is 0. The Kier molecular flexibility index (Phi) is 5.10. The average Bonchev–Trinajstić information content (AvgIpc) is 2.50. The number of carbonyl (C=O) groups excluding carboxylic acids is 3. The van der Waals surface area contributed by atoms with Crippen LogP contribution in [0.2, 0.25) is 0 Å². The third-order valence-corrected chi connectivity index (χ3v) is 2.91. The van der Waals surface area contributed by atoms with Crippen LogP contribution in [0.15, 0.2) is 24.3 Å².